The molecule has 8 heteroatoms. The van der Waals surface area contributed by atoms with Gasteiger partial charge in [-0.1, -0.05) is 16.8 Å². The number of carbonyl (C=O) groups is 1. The van der Waals surface area contributed by atoms with Crippen molar-refractivity contribution in [2.75, 3.05) is 18.5 Å². The van der Waals surface area contributed by atoms with Crippen molar-refractivity contribution in [1.29, 1.82) is 0 Å². The lowest BCUT2D eigenvalue weighted by molar-refractivity contribution is 0.0238. The number of hydrogen-bond donors (Lipinski definition) is 1. The maximum absolute atomic E-state index is 12.1. The van der Waals surface area contributed by atoms with Gasteiger partial charge >= 0.3 is 0 Å². The van der Waals surface area contributed by atoms with E-state index in [1.165, 1.54) is 12.3 Å². The second-order valence-electron chi connectivity index (χ2n) is 5.22. The van der Waals surface area contributed by atoms with Gasteiger partial charge in [0.1, 0.15) is 16.9 Å². The molecule has 1 aliphatic rings. The molecule has 23 heavy (non-hydrogen) atoms. The number of rotatable bonds is 4. The number of nitrogens with zero attached hydrogens (tertiary/aromatic N) is 2. The Morgan fingerprint density at radius 2 is 2.17 bits per heavy atom. The Balaban J connectivity index is 1.67. The number of carbonyl (C=O) groups excluding carboxylic acids is 1. The fourth-order valence-corrected chi connectivity index (χ4v) is 2.41. The number of pyridine rings is 1. The van der Waals surface area contributed by atoms with Crippen molar-refractivity contribution in [1.82, 2.24) is 10.1 Å². The second kappa shape index (κ2) is 6.97. The van der Waals surface area contributed by atoms with Crippen LogP contribution in [0.25, 0.3) is 0 Å². The van der Waals surface area contributed by atoms with Crippen LogP contribution in [-0.4, -0.2) is 35.4 Å². The summed E-state index contributed by atoms with van der Waals surface area (Å²) in [5.41, 5.74) is 0.315. The highest BCUT2D eigenvalue weighted by molar-refractivity contribution is 6.32. The summed E-state index contributed by atoms with van der Waals surface area (Å²) in [5.74, 6) is 0.903. The van der Waals surface area contributed by atoms with Gasteiger partial charge < -0.3 is 19.3 Å². The molecule has 0 spiro atoms. The molecule has 0 radical (unpaired) electrons. The zero-order valence-electron chi connectivity index (χ0n) is 12.5. The molecule has 0 saturated carbocycles. The Morgan fingerprint density at radius 1 is 1.39 bits per heavy atom. The highest BCUT2D eigenvalue weighted by atomic mass is 35.5. The van der Waals surface area contributed by atoms with Crippen molar-refractivity contribution < 1.29 is 18.8 Å². The first-order valence-electron chi connectivity index (χ1n) is 7.26. The highest BCUT2D eigenvalue weighted by Crippen LogP contribution is 2.25. The topological polar surface area (TPSA) is 86.5 Å². The van der Waals surface area contributed by atoms with E-state index in [2.05, 4.69) is 15.5 Å². The van der Waals surface area contributed by atoms with E-state index in [-0.39, 0.29) is 12.0 Å². The molecule has 2 aromatic rings. The number of hydrogen-bond acceptors (Lipinski definition) is 6. The molecule has 1 N–H and O–H groups in total. The average Bonchev–Trinajstić information content (AvgIpc) is 2.95. The Morgan fingerprint density at radius 3 is 2.83 bits per heavy atom. The summed E-state index contributed by atoms with van der Waals surface area (Å²) in [7, 11) is 0. The van der Waals surface area contributed by atoms with Gasteiger partial charge in [-0.25, -0.2) is 4.98 Å². The van der Waals surface area contributed by atoms with Gasteiger partial charge in [0.25, 0.3) is 5.91 Å². The number of aryl methyl sites for hydroxylation is 1. The molecule has 0 aromatic carbocycles. The monoisotopic (exact) mass is 337 g/mol. The SMILES string of the molecule is Cc1cc(NC(=O)c2cnc(OC3CCOCC3)c(Cl)c2)no1. The number of anilines is 1. The Hall–Kier alpha value is -2.12. The summed E-state index contributed by atoms with van der Waals surface area (Å²) in [6.07, 6.45) is 3.05. The van der Waals surface area contributed by atoms with Gasteiger partial charge in [-0.3, -0.25) is 4.79 Å². The summed E-state index contributed by atoms with van der Waals surface area (Å²) in [5, 5.41) is 6.60. The molecule has 0 aliphatic carbocycles. The zero-order valence-corrected chi connectivity index (χ0v) is 13.3. The maximum atomic E-state index is 12.1. The van der Waals surface area contributed by atoms with Crippen molar-refractivity contribution in [3.63, 3.8) is 0 Å². The minimum absolute atomic E-state index is 0.0338. The predicted octanol–water partition coefficient (Wildman–Crippen LogP) is 2.84. The first-order chi connectivity index (χ1) is 11.1. The molecule has 3 heterocycles. The summed E-state index contributed by atoms with van der Waals surface area (Å²) in [6.45, 7) is 3.07. The molecular weight excluding hydrogens is 322 g/mol. The molecular formula is C15H16ClN3O4. The summed E-state index contributed by atoms with van der Waals surface area (Å²) in [6, 6.07) is 3.14. The Kier molecular flexibility index (Phi) is 4.78. The summed E-state index contributed by atoms with van der Waals surface area (Å²) >= 11 is 6.17. The highest BCUT2D eigenvalue weighted by Gasteiger charge is 2.18. The number of aromatic nitrogens is 2. The van der Waals surface area contributed by atoms with Crippen LogP contribution in [0.3, 0.4) is 0 Å². The van der Waals surface area contributed by atoms with Crippen LogP contribution < -0.4 is 10.1 Å². The Labute approximate surface area is 137 Å². The van der Waals surface area contributed by atoms with Gasteiger partial charge in [-0.2, -0.15) is 0 Å². The number of halogens is 1. The zero-order chi connectivity index (χ0) is 16.2. The fraction of sp³-hybridized carbons (Fsp3) is 0.400. The molecule has 3 rings (SSSR count). The van der Waals surface area contributed by atoms with Crippen molar-refractivity contribution in [2.24, 2.45) is 0 Å². The predicted molar refractivity (Wildman–Crippen MR) is 82.9 cm³/mol. The van der Waals surface area contributed by atoms with Crippen LogP contribution in [0.15, 0.2) is 22.9 Å². The van der Waals surface area contributed by atoms with Gasteiger partial charge in [0.05, 0.1) is 18.8 Å². The van der Waals surface area contributed by atoms with Crippen LogP contribution in [0.2, 0.25) is 5.02 Å². The van der Waals surface area contributed by atoms with Crippen molar-refractivity contribution in [3.8, 4) is 5.88 Å². The van der Waals surface area contributed by atoms with E-state index in [0.717, 1.165) is 12.8 Å². The number of nitrogens with one attached hydrogen (secondary N) is 1. The molecule has 122 valence electrons. The summed E-state index contributed by atoms with van der Waals surface area (Å²) in [4.78, 5) is 16.3. The van der Waals surface area contributed by atoms with Gasteiger partial charge in [0, 0.05) is 25.1 Å². The minimum atomic E-state index is -0.370. The van der Waals surface area contributed by atoms with E-state index in [0.29, 0.717) is 41.3 Å². The normalized spacial score (nSPS) is 15.4. The van der Waals surface area contributed by atoms with Gasteiger partial charge in [-0.15, -0.1) is 0 Å². The van der Waals surface area contributed by atoms with Crippen LogP contribution in [0.4, 0.5) is 5.82 Å². The molecule has 0 bridgehead atoms. The lowest BCUT2D eigenvalue weighted by Crippen LogP contribution is -2.26. The average molecular weight is 338 g/mol. The van der Waals surface area contributed by atoms with Crippen LogP contribution >= 0.6 is 11.6 Å². The summed E-state index contributed by atoms with van der Waals surface area (Å²) < 4.78 is 15.9. The van der Waals surface area contributed by atoms with E-state index in [1.807, 2.05) is 0 Å². The van der Waals surface area contributed by atoms with Crippen molar-refractivity contribution in [2.45, 2.75) is 25.9 Å². The molecule has 2 aromatic heterocycles. The molecule has 0 atom stereocenters. The third-order valence-corrected chi connectivity index (χ3v) is 3.66. The van der Waals surface area contributed by atoms with E-state index in [1.54, 1.807) is 13.0 Å². The largest absolute Gasteiger partial charge is 0.473 e. The lowest BCUT2D eigenvalue weighted by Gasteiger charge is -2.23. The van der Waals surface area contributed by atoms with Gasteiger partial charge in [-0.05, 0) is 13.0 Å². The lowest BCUT2D eigenvalue weighted by atomic mass is 10.1. The number of ether oxygens (including phenoxy) is 2. The van der Waals surface area contributed by atoms with Crippen LogP contribution in [-0.2, 0) is 4.74 Å². The van der Waals surface area contributed by atoms with Crippen molar-refractivity contribution >= 4 is 23.3 Å². The molecule has 1 aliphatic heterocycles. The van der Waals surface area contributed by atoms with E-state index < -0.39 is 0 Å². The molecule has 0 unspecified atom stereocenters. The van der Waals surface area contributed by atoms with E-state index in [4.69, 9.17) is 25.6 Å². The minimum Gasteiger partial charge on any atom is -0.473 e. The molecule has 7 nitrogen and oxygen atoms in total. The van der Waals surface area contributed by atoms with E-state index in [9.17, 15) is 4.79 Å². The van der Waals surface area contributed by atoms with Crippen LogP contribution in [0.1, 0.15) is 29.0 Å². The smallest absolute Gasteiger partial charge is 0.258 e. The Bertz CT molecular complexity index is 698. The fourth-order valence-electron chi connectivity index (χ4n) is 2.20. The standard InChI is InChI=1S/C15H16ClN3O4/c1-9-6-13(19-23-9)18-14(20)10-7-12(16)15(17-8-10)22-11-2-4-21-5-3-11/h6-8,11H,2-5H2,1H3,(H,18,19,20). The molecule has 1 amide bonds. The maximum Gasteiger partial charge on any atom is 0.258 e. The van der Waals surface area contributed by atoms with Gasteiger partial charge in [0.15, 0.2) is 5.82 Å². The molecule has 1 fully saturated rings. The van der Waals surface area contributed by atoms with Crippen molar-refractivity contribution in [3.05, 3.63) is 34.7 Å². The molecule has 1 saturated heterocycles. The number of amides is 1. The third-order valence-electron chi connectivity index (χ3n) is 3.39. The van der Waals surface area contributed by atoms with Gasteiger partial charge in [0.2, 0.25) is 5.88 Å². The van der Waals surface area contributed by atoms with Crippen LogP contribution in [0, 0.1) is 6.92 Å². The third kappa shape index (κ3) is 4.00. The second-order valence-corrected chi connectivity index (χ2v) is 5.62. The quantitative estimate of drug-likeness (QED) is 0.923. The van der Waals surface area contributed by atoms with Crippen LogP contribution in [0.5, 0.6) is 5.88 Å². The first-order valence-corrected chi connectivity index (χ1v) is 7.64. The van der Waals surface area contributed by atoms with E-state index >= 15 is 0 Å². The first kappa shape index (κ1) is 15.8.